The number of hydrogen-bond acceptors (Lipinski definition) is 4. The molecule has 0 spiro atoms. The molecule has 0 aliphatic carbocycles. The van der Waals surface area contributed by atoms with Crippen LogP contribution in [0.1, 0.15) is 12.5 Å². The molecule has 0 bridgehead atoms. The molecule has 1 aromatic carbocycles. The van der Waals surface area contributed by atoms with E-state index in [-0.39, 0.29) is 28.9 Å². The second kappa shape index (κ2) is 7.18. The molecule has 2 heterocycles. The molecule has 10 heteroatoms. The van der Waals surface area contributed by atoms with Gasteiger partial charge in [0.05, 0.1) is 5.69 Å². The molecule has 1 aliphatic heterocycles. The van der Waals surface area contributed by atoms with E-state index in [1.165, 1.54) is 48.4 Å². The molecule has 5 nitrogen and oxygen atoms in total. The average molecular weight is 399 g/mol. The molecular formula is C17H13F4N3O2S. The van der Waals surface area contributed by atoms with Gasteiger partial charge in [-0.05, 0) is 60.6 Å². The van der Waals surface area contributed by atoms with Crippen molar-refractivity contribution in [1.29, 1.82) is 0 Å². The van der Waals surface area contributed by atoms with Gasteiger partial charge in [0.25, 0.3) is 5.91 Å². The van der Waals surface area contributed by atoms with Crippen LogP contribution in [0.2, 0.25) is 0 Å². The number of hydrogen-bond donors (Lipinski definition) is 0. The Morgan fingerprint density at radius 3 is 2.41 bits per heavy atom. The summed E-state index contributed by atoms with van der Waals surface area (Å²) in [7, 11) is 0. The predicted molar refractivity (Wildman–Crippen MR) is 90.4 cm³/mol. The maximum Gasteiger partial charge on any atom is 0.446 e. The summed E-state index contributed by atoms with van der Waals surface area (Å²) < 4.78 is 50.5. The number of benzene rings is 1. The van der Waals surface area contributed by atoms with Crippen molar-refractivity contribution in [3.8, 4) is 0 Å². The Morgan fingerprint density at radius 2 is 1.81 bits per heavy atom. The van der Waals surface area contributed by atoms with Crippen LogP contribution < -0.4 is 4.90 Å². The summed E-state index contributed by atoms with van der Waals surface area (Å²) in [6, 6.07) is 6.23. The monoisotopic (exact) mass is 399 g/mol. The fraction of sp³-hybridized carbons (Fsp3) is 0.235. The number of imide groups is 1. The van der Waals surface area contributed by atoms with Crippen molar-refractivity contribution < 1.29 is 27.2 Å². The highest BCUT2D eigenvalue weighted by molar-refractivity contribution is 8.00. The molecule has 1 atom stereocenters. The molecule has 1 fully saturated rings. The number of amides is 3. The van der Waals surface area contributed by atoms with Crippen molar-refractivity contribution >= 4 is 29.4 Å². The predicted octanol–water partition coefficient (Wildman–Crippen LogP) is 4.19. The Hall–Kier alpha value is -2.62. The lowest BCUT2D eigenvalue weighted by Gasteiger charge is -2.19. The summed E-state index contributed by atoms with van der Waals surface area (Å²) in [5.74, 6) is -1.21. The first-order valence-corrected chi connectivity index (χ1v) is 8.58. The van der Waals surface area contributed by atoms with Gasteiger partial charge in [0.15, 0.2) is 0 Å². The summed E-state index contributed by atoms with van der Waals surface area (Å²) >= 11 is -0.282. The van der Waals surface area contributed by atoms with Crippen LogP contribution >= 0.6 is 11.8 Å². The highest BCUT2D eigenvalue weighted by Crippen LogP contribution is 2.37. The van der Waals surface area contributed by atoms with Gasteiger partial charge >= 0.3 is 11.5 Å². The molecule has 3 rings (SSSR count). The zero-order chi connectivity index (χ0) is 19.8. The molecule has 2 aromatic rings. The minimum atomic E-state index is -4.42. The summed E-state index contributed by atoms with van der Waals surface area (Å²) in [6.07, 6.45) is 1.26. The quantitative estimate of drug-likeness (QED) is 0.335. The zero-order valence-electron chi connectivity index (χ0n) is 13.9. The molecule has 27 heavy (non-hydrogen) atoms. The van der Waals surface area contributed by atoms with Crippen molar-refractivity contribution in [3.05, 3.63) is 54.1 Å². The number of urea groups is 1. The van der Waals surface area contributed by atoms with E-state index in [2.05, 4.69) is 4.98 Å². The Labute approximate surface area is 156 Å². The van der Waals surface area contributed by atoms with E-state index in [1.807, 2.05) is 0 Å². The molecule has 0 radical (unpaired) electrons. The topological polar surface area (TPSA) is 53.5 Å². The van der Waals surface area contributed by atoms with Gasteiger partial charge in [-0.1, -0.05) is 0 Å². The third kappa shape index (κ3) is 4.21. The van der Waals surface area contributed by atoms with Crippen LogP contribution in [-0.2, 0) is 11.3 Å². The molecule has 0 N–H and O–H groups in total. The number of rotatable bonds is 4. The van der Waals surface area contributed by atoms with Gasteiger partial charge in [-0.15, -0.1) is 0 Å². The Morgan fingerprint density at radius 1 is 1.15 bits per heavy atom. The van der Waals surface area contributed by atoms with Crippen LogP contribution in [0.3, 0.4) is 0 Å². The third-order valence-electron chi connectivity index (χ3n) is 3.95. The molecule has 1 aliphatic rings. The smallest absolute Gasteiger partial charge is 0.308 e. The lowest BCUT2D eigenvalue weighted by atomic mass is 10.2. The summed E-state index contributed by atoms with van der Waals surface area (Å²) in [5, 5.41) is 0. The van der Waals surface area contributed by atoms with Crippen LogP contribution in [0.15, 0.2) is 47.5 Å². The van der Waals surface area contributed by atoms with Crippen LogP contribution in [0.25, 0.3) is 0 Å². The number of anilines is 1. The number of thioether (sulfide) groups is 1. The molecule has 142 valence electrons. The number of pyridine rings is 1. The Bertz CT molecular complexity index is 873. The number of carbonyl (C=O) groups is 2. The van der Waals surface area contributed by atoms with Crippen LogP contribution in [-0.4, -0.2) is 33.4 Å². The van der Waals surface area contributed by atoms with Crippen LogP contribution in [0.5, 0.6) is 0 Å². The second-order valence-corrected chi connectivity index (χ2v) is 6.93. The van der Waals surface area contributed by atoms with Crippen LogP contribution in [0, 0.1) is 5.95 Å². The fourth-order valence-corrected chi connectivity index (χ4v) is 3.22. The minimum absolute atomic E-state index is 0.00366. The van der Waals surface area contributed by atoms with Gasteiger partial charge in [-0.3, -0.25) is 4.79 Å². The molecule has 0 saturated carbocycles. The standard InChI is InChI=1S/C17H13F4N3O2S/c1-10-15(25)24(12-2-4-13(5-3-12)27-17(19,20)21)16(26)23(10)9-11-6-7-22-14(18)8-11/h2-8,10H,9H2,1H3. The Balaban J connectivity index is 1.80. The van der Waals surface area contributed by atoms with Crippen molar-refractivity contribution in [2.45, 2.75) is 29.9 Å². The molecule has 1 saturated heterocycles. The van der Waals surface area contributed by atoms with Gasteiger partial charge in [0, 0.05) is 17.6 Å². The van der Waals surface area contributed by atoms with E-state index >= 15 is 0 Å². The van der Waals surface area contributed by atoms with Crippen LogP contribution in [0.4, 0.5) is 28.0 Å². The largest absolute Gasteiger partial charge is 0.446 e. The summed E-state index contributed by atoms with van der Waals surface area (Å²) in [6.45, 7) is 1.54. The molecular weight excluding hydrogens is 386 g/mol. The van der Waals surface area contributed by atoms with Gasteiger partial charge in [-0.2, -0.15) is 17.6 Å². The van der Waals surface area contributed by atoms with Crippen molar-refractivity contribution in [2.24, 2.45) is 0 Å². The van der Waals surface area contributed by atoms with E-state index in [0.29, 0.717) is 5.56 Å². The van der Waals surface area contributed by atoms with Crippen molar-refractivity contribution in [1.82, 2.24) is 9.88 Å². The maximum atomic E-state index is 13.2. The summed E-state index contributed by atoms with van der Waals surface area (Å²) in [5.41, 5.74) is -3.78. The number of nitrogens with zero attached hydrogens (tertiary/aromatic N) is 3. The zero-order valence-corrected chi connectivity index (χ0v) is 14.7. The lowest BCUT2D eigenvalue weighted by molar-refractivity contribution is -0.119. The SMILES string of the molecule is CC1C(=O)N(c2ccc(SC(F)(F)F)cc2)C(=O)N1Cc1ccnc(F)c1. The molecule has 1 aromatic heterocycles. The maximum absolute atomic E-state index is 13.2. The Kier molecular flexibility index (Phi) is 5.09. The number of alkyl halides is 3. The van der Waals surface area contributed by atoms with Gasteiger partial charge < -0.3 is 4.90 Å². The first-order chi connectivity index (χ1) is 12.7. The van der Waals surface area contributed by atoms with Gasteiger partial charge in [0.2, 0.25) is 5.95 Å². The first-order valence-electron chi connectivity index (χ1n) is 7.76. The normalized spacial score (nSPS) is 17.7. The van der Waals surface area contributed by atoms with Gasteiger partial charge in [0.1, 0.15) is 6.04 Å². The third-order valence-corrected chi connectivity index (χ3v) is 4.69. The van der Waals surface area contributed by atoms with E-state index in [1.54, 1.807) is 0 Å². The van der Waals surface area contributed by atoms with E-state index in [9.17, 15) is 27.2 Å². The number of aromatic nitrogens is 1. The van der Waals surface area contributed by atoms with Crippen molar-refractivity contribution in [2.75, 3.05) is 4.90 Å². The van der Waals surface area contributed by atoms with Gasteiger partial charge in [-0.25, -0.2) is 14.7 Å². The average Bonchev–Trinajstić information content (AvgIpc) is 2.78. The minimum Gasteiger partial charge on any atom is -0.308 e. The highest BCUT2D eigenvalue weighted by Gasteiger charge is 2.43. The molecule has 3 amide bonds. The van der Waals surface area contributed by atoms with Crippen molar-refractivity contribution in [3.63, 3.8) is 0 Å². The first kappa shape index (κ1) is 19.2. The van der Waals surface area contributed by atoms with E-state index in [0.717, 1.165) is 11.0 Å². The second-order valence-electron chi connectivity index (χ2n) is 5.79. The van der Waals surface area contributed by atoms with E-state index < -0.39 is 29.4 Å². The lowest BCUT2D eigenvalue weighted by Crippen LogP contribution is -2.33. The fourth-order valence-electron chi connectivity index (χ4n) is 2.69. The summed E-state index contributed by atoms with van der Waals surface area (Å²) in [4.78, 5) is 30.7. The number of carbonyl (C=O) groups excluding carboxylic acids is 2. The highest BCUT2D eigenvalue weighted by atomic mass is 32.2. The number of halogens is 4. The van der Waals surface area contributed by atoms with E-state index in [4.69, 9.17) is 0 Å². The molecule has 1 unspecified atom stereocenters.